The Morgan fingerprint density at radius 1 is 1.19 bits per heavy atom. The summed E-state index contributed by atoms with van der Waals surface area (Å²) in [5.74, 6) is 0. The van der Waals surface area contributed by atoms with Crippen molar-refractivity contribution < 1.29 is 19.5 Å². The van der Waals surface area contributed by atoms with Crippen LogP contribution in [0.25, 0.3) is 0 Å². The molecule has 87 valence electrons. The maximum atomic E-state index is 3.43. The number of hydrogen-bond donors (Lipinski definition) is 0. The van der Waals surface area contributed by atoms with Crippen LogP contribution in [-0.2, 0) is 19.5 Å². The van der Waals surface area contributed by atoms with E-state index in [4.69, 9.17) is 0 Å². The predicted octanol–water partition coefficient (Wildman–Crippen LogP) is 4.51. The third-order valence-electron chi connectivity index (χ3n) is 3.10. The van der Waals surface area contributed by atoms with Crippen LogP contribution in [0.1, 0.15) is 45.4 Å². The first-order valence-electron chi connectivity index (χ1n) is 6.08. The fourth-order valence-electron chi connectivity index (χ4n) is 2.25. The Kier molecular flexibility index (Phi) is 5.98. The molecule has 16 heavy (non-hydrogen) atoms. The average molecular weight is 300 g/mol. The van der Waals surface area contributed by atoms with E-state index in [1.165, 1.54) is 36.8 Å². The second-order valence-electron chi connectivity index (χ2n) is 4.26. The van der Waals surface area contributed by atoms with Crippen LogP contribution in [-0.4, -0.2) is 0 Å². The number of hydrogen-bond acceptors (Lipinski definition) is 0. The molecule has 2 aliphatic carbocycles. The smallest absolute Gasteiger partial charge is 0.198 e. The van der Waals surface area contributed by atoms with Crippen molar-refractivity contribution in [2.75, 3.05) is 0 Å². The third-order valence-corrected chi connectivity index (χ3v) is 3.10. The van der Waals surface area contributed by atoms with E-state index in [1.807, 2.05) is 0 Å². The van der Waals surface area contributed by atoms with E-state index in [1.54, 1.807) is 5.57 Å². The van der Waals surface area contributed by atoms with Gasteiger partial charge in [-0.25, -0.2) is 0 Å². The Morgan fingerprint density at radius 3 is 2.75 bits per heavy atom. The first kappa shape index (κ1) is 13.6. The average Bonchev–Trinajstić information content (AvgIpc) is 2.87. The van der Waals surface area contributed by atoms with E-state index in [0.717, 1.165) is 12.8 Å². The van der Waals surface area contributed by atoms with Gasteiger partial charge < -0.3 is 0 Å². The molecule has 2 aliphatic rings. The molecule has 0 amide bonds. The minimum Gasteiger partial charge on any atom is -0.198 e. The summed E-state index contributed by atoms with van der Waals surface area (Å²) in [5, 5.41) is 0. The second-order valence-corrected chi connectivity index (χ2v) is 4.26. The molecule has 0 aromatic carbocycles. The van der Waals surface area contributed by atoms with E-state index >= 15 is 0 Å². The van der Waals surface area contributed by atoms with Crippen LogP contribution in [0.4, 0.5) is 0 Å². The zero-order chi connectivity index (χ0) is 10.5. The van der Waals surface area contributed by atoms with E-state index in [-0.39, 0.29) is 19.5 Å². The summed E-state index contributed by atoms with van der Waals surface area (Å²) in [4.78, 5) is 0. The van der Waals surface area contributed by atoms with Crippen LogP contribution in [0.15, 0.2) is 41.0 Å². The molecule has 0 unspecified atom stereocenters. The van der Waals surface area contributed by atoms with Crippen molar-refractivity contribution in [1.29, 1.82) is 0 Å². The summed E-state index contributed by atoms with van der Waals surface area (Å²) >= 11 is 0. The van der Waals surface area contributed by atoms with Crippen molar-refractivity contribution in [3.63, 3.8) is 0 Å². The third kappa shape index (κ3) is 3.29. The number of rotatable bonds is 5. The Hall–Kier alpha value is -0.417. The Balaban J connectivity index is 0.00000128. The summed E-state index contributed by atoms with van der Waals surface area (Å²) in [6.07, 6.45) is 19.8. The van der Waals surface area contributed by atoms with Gasteiger partial charge in [-0.15, -0.1) is 11.6 Å². The van der Waals surface area contributed by atoms with Crippen molar-refractivity contribution in [2.24, 2.45) is 0 Å². The monoisotopic (exact) mass is 301 g/mol. The van der Waals surface area contributed by atoms with Crippen LogP contribution in [0.2, 0.25) is 0 Å². The summed E-state index contributed by atoms with van der Waals surface area (Å²) in [7, 11) is 0. The van der Waals surface area contributed by atoms with Crippen molar-refractivity contribution in [1.82, 2.24) is 0 Å². The molecule has 0 nitrogen and oxygen atoms in total. The molecule has 0 fully saturated rings. The van der Waals surface area contributed by atoms with Crippen molar-refractivity contribution in [3.05, 3.63) is 47.1 Å². The van der Waals surface area contributed by atoms with Gasteiger partial charge in [-0.1, -0.05) is 56.8 Å². The first-order chi connectivity index (χ1) is 7.42. The molecule has 0 bridgehead atoms. The van der Waals surface area contributed by atoms with E-state index in [2.05, 4.69) is 37.3 Å². The van der Waals surface area contributed by atoms with Gasteiger partial charge in [0.2, 0.25) is 0 Å². The van der Waals surface area contributed by atoms with Crippen LogP contribution >= 0.6 is 0 Å². The molecule has 0 saturated carbocycles. The molecule has 2 rings (SSSR count). The number of unbranched alkanes of at least 4 members (excludes halogenated alkanes) is 2. The van der Waals surface area contributed by atoms with E-state index in [0.29, 0.717) is 0 Å². The maximum absolute atomic E-state index is 3.43. The largest absolute Gasteiger partial charge is 1.00 e. The van der Waals surface area contributed by atoms with Crippen molar-refractivity contribution >= 4 is 0 Å². The molecular formula is C15H19Ru. The molecular weight excluding hydrogens is 281 g/mol. The molecule has 1 radical (unpaired) electrons. The molecule has 0 atom stereocenters. The number of allylic oxidation sites excluding steroid dienone is 8. The van der Waals surface area contributed by atoms with Crippen molar-refractivity contribution in [2.45, 2.75) is 45.4 Å². The van der Waals surface area contributed by atoms with E-state index in [9.17, 15) is 0 Å². The first-order valence-corrected chi connectivity index (χ1v) is 6.08. The Morgan fingerprint density at radius 2 is 2.06 bits per heavy atom. The van der Waals surface area contributed by atoms with Gasteiger partial charge in [0.05, 0.1) is 0 Å². The fourth-order valence-corrected chi connectivity index (χ4v) is 2.25. The van der Waals surface area contributed by atoms with Gasteiger partial charge in [0.1, 0.15) is 0 Å². The molecule has 0 aromatic heterocycles. The summed E-state index contributed by atoms with van der Waals surface area (Å²) in [6, 6.07) is 0. The predicted molar refractivity (Wildman–Crippen MR) is 65.4 cm³/mol. The van der Waals surface area contributed by atoms with Gasteiger partial charge in [0.25, 0.3) is 0 Å². The molecule has 1 heteroatoms. The Labute approximate surface area is 112 Å². The second kappa shape index (κ2) is 7.02. The van der Waals surface area contributed by atoms with Crippen LogP contribution in [0.3, 0.4) is 0 Å². The zero-order valence-electron chi connectivity index (χ0n) is 9.91. The Bertz CT molecular complexity index is 342. The van der Waals surface area contributed by atoms with E-state index < -0.39 is 0 Å². The van der Waals surface area contributed by atoms with Gasteiger partial charge in [0, 0.05) is 0 Å². The SMILES string of the molecule is CCCCCC1=C(C2=[C-]CC=C2)CC=C1.[Ru+]. The quantitative estimate of drug-likeness (QED) is 0.398. The molecule has 0 heterocycles. The molecule has 0 saturated heterocycles. The maximum Gasteiger partial charge on any atom is 1.00 e. The molecule has 0 N–H and O–H groups in total. The topological polar surface area (TPSA) is 0 Å². The standard InChI is InChI=1S/C15H19.Ru/c1-2-3-4-8-14-11-7-12-15(14)13-9-5-6-10-13;/h5,7,9,11H,2-4,6,8,12H2,1H3;/q-1;+1. The van der Waals surface area contributed by atoms with Gasteiger partial charge in [-0.2, -0.15) is 17.7 Å². The normalized spacial score (nSPS) is 17.9. The minimum atomic E-state index is 0. The van der Waals surface area contributed by atoms with Crippen LogP contribution < -0.4 is 0 Å². The van der Waals surface area contributed by atoms with Crippen LogP contribution in [0.5, 0.6) is 0 Å². The molecule has 0 spiro atoms. The van der Waals surface area contributed by atoms with Gasteiger partial charge >= 0.3 is 19.5 Å². The fraction of sp³-hybridized carbons (Fsp3) is 0.467. The molecule has 0 aliphatic heterocycles. The zero-order valence-corrected chi connectivity index (χ0v) is 11.6. The molecule has 0 aromatic rings. The summed E-state index contributed by atoms with van der Waals surface area (Å²) < 4.78 is 0. The minimum absolute atomic E-state index is 0. The van der Waals surface area contributed by atoms with Crippen LogP contribution in [0, 0.1) is 6.08 Å². The summed E-state index contributed by atoms with van der Waals surface area (Å²) in [5.41, 5.74) is 4.43. The summed E-state index contributed by atoms with van der Waals surface area (Å²) in [6.45, 7) is 2.26. The van der Waals surface area contributed by atoms with Gasteiger partial charge in [-0.05, 0) is 6.42 Å². The van der Waals surface area contributed by atoms with Gasteiger partial charge in [-0.3, -0.25) is 0 Å². The van der Waals surface area contributed by atoms with Crippen molar-refractivity contribution in [3.8, 4) is 0 Å². The van der Waals surface area contributed by atoms with Gasteiger partial charge in [0.15, 0.2) is 0 Å².